The Morgan fingerprint density at radius 2 is 2.05 bits per heavy atom. The van der Waals surface area contributed by atoms with Crippen molar-refractivity contribution in [1.29, 1.82) is 0 Å². The third kappa shape index (κ3) is 2.99. The molecule has 0 radical (unpaired) electrons. The van der Waals surface area contributed by atoms with Crippen LogP contribution in [0.25, 0.3) is 0 Å². The SMILES string of the molecule is O=S(=O)(c1cccc(Cl)c1F)N(Cc1cccnc1)C1CC1. The molecule has 0 amide bonds. The topological polar surface area (TPSA) is 50.3 Å². The van der Waals surface area contributed by atoms with Crippen LogP contribution < -0.4 is 0 Å². The number of halogens is 2. The Hall–Kier alpha value is -1.50. The molecule has 1 heterocycles. The first-order valence-electron chi connectivity index (χ1n) is 6.85. The molecule has 116 valence electrons. The molecule has 1 aromatic heterocycles. The van der Waals surface area contributed by atoms with E-state index in [-0.39, 0.29) is 22.5 Å². The molecule has 1 saturated carbocycles. The Labute approximate surface area is 133 Å². The van der Waals surface area contributed by atoms with E-state index in [2.05, 4.69) is 4.98 Å². The van der Waals surface area contributed by atoms with E-state index in [1.54, 1.807) is 24.5 Å². The number of pyridine rings is 1. The van der Waals surface area contributed by atoms with Crippen LogP contribution >= 0.6 is 11.6 Å². The lowest BCUT2D eigenvalue weighted by molar-refractivity contribution is 0.395. The molecule has 0 aliphatic heterocycles. The summed E-state index contributed by atoms with van der Waals surface area (Å²) in [4.78, 5) is 3.61. The van der Waals surface area contributed by atoms with Gasteiger partial charge in [-0.1, -0.05) is 23.7 Å². The van der Waals surface area contributed by atoms with Gasteiger partial charge in [-0.25, -0.2) is 12.8 Å². The highest BCUT2D eigenvalue weighted by Gasteiger charge is 2.39. The molecule has 1 fully saturated rings. The maximum atomic E-state index is 14.1. The van der Waals surface area contributed by atoms with Crippen molar-refractivity contribution in [1.82, 2.24) is 9.29 Å². The zero-order chi connectivity index (χ0) is 15.7. The number of benzene rings is 1. The number of hydrogen-bond acceptors (Lipinski definition) is 3. The summed E-state index contributed by atoms with van der Waals surface area (Å²) in [5, 5.41) is -0.196. The average Bonchev–Trinajstić information content (AvgIpc) is 3.33. The minimum absolute atomic E-state index is 0.0939. The smallest absolute Gasteiger partial charge is 0.246 e. The van der Waals surface area contributed by atoms with Gasteiger partial charge in [-0.2, -0.15) is 4.31 Å². The maximum Gasteiger partial charge on any atom is 0.246 e. The number of aromatic nitrogens is 1. The van der Waals surface area contributed by atoms with Crippen molar-refractivity contribution >= 4 is 21.6 Å². The predicted octanol–water partition coefficient (Wildman–Crippen LogP) is 3.23. The second-order valence-electron chi connectivity index (χ2n) is 5.19. The quantitative estimate of drug-likeness (QED) is 0.839. The highest BCUT2D eigenvalue weighted by molar-refractivity contribution is 7.89. The van der Waals surface area contributed by atoms with Crippen LogP contribution in [0.4, 0.5) is 4.39 Å². The summed E-state index contributed by atoms with van der Waals surface area (Å²) >= 11 is 5.71. The second kappa shape index (κ2) is 5.95. The molecule has 2 aromatic rings. The molecule has 3 rings (SSSR count). The predicted molar refractivity (Wildman–Crippen MR) is 81.4 cm³/mol. The van der Waals surface area contributed by atoms with E-state index in [0.717, 1.165) is 18.4 Å². The molecule has 0 unspecified atom stereocenters. The summed E-state index contributed by atoms with van der Waals surface area (Å²) in [6, 6.07) is 7.46. The first kappa shape index (κ1) is 15.4. The van der Waals surface area contributed by atoms with Gasteiger partial charge in [0.1, 0.15) is 4.90 Å². The molecule has 1 aliphatic rings. The van der Waals surface area contributed by atoms with Crippen molar-refractivity contribution in [3.05, 3.63) is 59.1 Å². The van der Waals surface area contributed by atoms with Crippen LogP contribution in [0, 0.1) is 5.82 Å². The van der Waals surface area contributed by atoms with Crippen LogP contribution in [0.2, 0.25) is 5.02 Å². The van der Waals surface area contributed by atoms with Gasteiger partial charge in [0.2, 0.25) is 10.0 Å². The van der Waals surface area contributed by atoms with Gasteiger partial charge in [-0.15, -0.1) is 0 Å². The van der Waals surface area contributed by atoms with Gasteiger partial charge in [-0.05, 0) is 36.6 Å². The fourth-order valence-electron chi connectivity index (χ4n) is 2.25. The van der Waals surface area contributed by atoms with Crippen molar-refractivity contribution in [3.63, 3.8) is 0 Å². The molecule has 0 saturated heterocycles. The van der Waals surface area contributed by atoms with E-state index in [1.807, 2.05) is 0 Å². The monoisotopic (exact) mass is 340 g/mol. The van der Waals surface area contributed by atoms with Crippen LogP contribution in [-0.2, 0) is 16.6 Å². The molecule has 22 heavy (non-hydrogen) atoms. The molecular formula is C15H14ClFN2O2S. The first-order valence-corrected chi connectivity index (χ1v) is 8.66. The molecule has 1 aliphatic carbocycles. The third-order valence-corrected chi connectivity index (χ3v) is 5.73. The van der Waals surface area contributed by atoms with Gasteiger partial charge in [-0.3, -0.25) is 4.98 Å². The van der Waals surface area contributed by atoms with Crippen molar-refractivity contribution < 1.29 is 12.8 Å². The fraction of sp³-hybridized carbons (Fsp3) is 0.267. The maximum absolute atomic E-state index is 14.1. The van der Waals surface area contributed by atoms with Crippen LogP contribution in [0.5, 0.6) is 0 Å². The van der Waals surface area contributed by atoms with E-state index in [9.17, 15) is 12.8 Å². The van der Waals surface area contributed by atoms with Gasteiger partial charge >= 0.3 is 0 Å². The van der Waals surface area contributed by atoms with E-state index >= 15 is 0 Å². The summed E-state index contributed by atoms with van der Waals surface area (Å²) in [6.07, 6.45) is 4.79. The highest BCUT2D eigenvalue weighted by atomic mass is 35.5. The van der Waals surface area contributed by atoms with E-state index in [0.29, 0.717) is 0 Å². The standard InChI is InChI=1S/C15H14ClFN2O2S/c16-13-4-1-5-14(15(13)17)22(20,21)19(12-6-7-12)10-11-3-2-8-18-9-11/h1-5,8-9,12H,6-7,10H2. The minimum Gasteiger partial charge on any atom is -0.264 e. The summed E-state index contributed by atoms with van der Waals surface area (Å²) in [7, 11) is -3.94. The summed E-state index contributed by atoms with van der Waals surface area (Å²) in [5.74, 6) is -0.902. The van der Waals surface area contributed by atoms with Gasteiger partial charge in [0, 0.05) is 25.0 Å². The van der Waals surface area contributed by atoms with Crippen LogP contribution in [0.1, 0.15) is 18.4 Å². The van der Waals surface area contributed by atoms with E-state index < -0.39 is 15.8 Å². The molecule has 0 atom stereocenters. The lowest BCUT2D eigenvalue weighted by atomic mass is 10.3. The molecular weight excluding hydrogens is 327 g/mol. The van der Waals surface area contributed by atoms with Crippen molar-refractivity contribution in [2.75, 3.05) is 0 Å². The summed E-state index contributed by atoms with van der Waals surface area (Å²) in [5.41, 5.74) is 0.764. The van der Waals surface area contributed by atoms with E-state index in [4.69, 9.17) is 11.6 Å². The highest BCUT2D eigenvalue weighted by Crippen LogP contribution is 2.35. The van der Waals surface area contributed by atoms with Crippen LogP contribution in [0.3, 0.4) is 0 Å². The normalized spacial score (nSPS) is 15.2. The van der Waals surface area contributed by atoms with Gasteiger partial charge in [0.05, 0.1) is 5.02 Å². The lowest BCUT2D eigenvalue weighted by Gasteiger charge is -2.22. The first-order chi connectivity index (χ1) is 10.5. The second-order valence-corrected chi connectivity index (χ2v) is 7.46. The zero-order valence-corrected chi connectivity index (χ0v) is 13.2. The fourth-order valence-corrected chi connectivity index (χ4v) is 4.25. The van der Waals surface area contributed by atoms with Crippen molar-refractivity contribution in [2.24, 2.45) is 0 Å². The van der Waals surface area contributed by atoms with Gasteiger partial charge in [0.25, 0.3) is 0 Å². The zero-order valence-electron chi connectivity index (χ0n) is 11.6. The Kier molecular flexibility index (Phi) is 4.16. The molecule has 4 nitrogen and oxygen atoms in total. The average molecular weight is 341 g/mol. The third-order valence-electron chi connectivity index (χ3n) is 3.52. The van der Waals surface area contributed by atoms with E-state index in [1.165, 1.54) is 22.5 Å². The Morgan fingerprint density at radius 1 is 1.27 bits per heavy atom. The summed E-state index contributed by atoms with van der Waals surface area (Å²) in [6.45, 7) is 0.173. The number of rotatable bonds is 5. The van der Waals surface area contributed by atoms with Crippen molar-refractivity contribution in [3.8, 4) is 0 Å². The molecule has 0 bridgehead atoms. The molecule has 0 N–H and O–H groups in total. The minimum atomic E-state index is -3.94. The molecule has 1 aromatic carbocycles. The van der Waals surface area contributed by atoms with Gasteiger partial charge in [0.15, 0.2) is 5.82 Å². The number of nitrogens with zero attached hydrogens (tertiary/aromatic N) is 2. The Morgan fingerprint density at radius 3 is 2.68 bits per heavy atom. The summed E-state index contributed by atoms with van der Waals surface area (Å²) < 4.78 is 41.1. The number of sulfonamides is 1. The number of hydrogen-bond donors (Lipinski definition) is 0. The molecule has 7 heteroatoms. The van der Waals surface area contributed by atoms with Gasteiger partial charge < -0.3 is 0 Å². The van der Waals surface area contributed by atoms with Crippen molar-refractivity contribution in [2.45, 2.75) is 30.3 Å². The Bertz CT molecular complexity index is 779. The molecule has 0 spiro atoms. The van der Waals surface area contributed by atoms with Crippen LogP contribution in [0.15, 0.2) is 47.6 Å². The lowest BCUT2D eigenvalue weighted by Crippen LogP contribution is -2.33. The largest absolute Gasteiger partial charge is 0.264 e. The Balaban J connectivity index is 1.98. The van der Waals surface area contributed by atoms with Crippen LogP contribution in [-0.4, -0.2) is 23.7 Å².